The van der Waals surface area contributed by atoms with E-state index in [1.807, 2.05) is 18.2 Å². The van der Waals surface area contributed by atoms with Gasteiger partial charge in [0, 0.05) is 5.69 Å². The molecule has 0 spiro atoms. The van der Waals surface area contributed by atoms with Crippen LogP contribution in [0.4, 0.5) is 5.69 Å². The topological polar surface area (TPSA) is 55.3 Å². The third-order valence-electron chi connectivity index (χ3n) is 2.71. The number of nitrogen functional groups attached to an aromatic ring is 1. The van der Waals surface area contributed by atoms with Gasteiger partial charge in [-0.05, 0) is 31.3 Å². The summed E-state index contributed by atoms with van der Waals surface area (Å²) in [6, 6.07) is 5.53. The first-order chi connectivity index (χ1) is 7.72. The molecule has 0 unspecified atom stereocenters. The number of aromatic nitrogens is 1. The Morgan fingerprint density at radius 2 is 2.06 bits per heavy atom. The second-order valence-electron chi connectivity index (χ2n) is 3.80. The predicted molar refractivity (Wildman–Crippen MR) is 65.0 cm³/mol. The van der Waals surface area contributed by atoms with Crippen LogP contribution < -0.4 is 5.73 Å². The van der Waals surface area contributed by atoms with Gasteiger partial charge in [0.25, 0.3) is 0 Å². The van der Waals surface area contributed by atoms with Crippen LogP contribution in [0, 0.1) is 0 Å². The fraction of sp³-hybridized carbons (Fsp3) is 0.417. The Kier molecular flexibility index (Phi) is 3.10. The molecule has 2 rings (SSSR count). The van der Waals surface area contributed by atoms with Crippen molar-refractivity contribution in [2.45, 2.75) is 20.4 Å². The molecule has 4 nitrogen and oxygen atoms in total. The maximum atomic E-state index is 5.69. The van der Waals surface area contributed by atoms with E-state index in [-0.39, 0.29) is 0 Å². The van der Waals surface area contributed by atoms with Crippen molar-refractivity contribution in [3.05, 3.63) is 24.1 Å². The van der Waals surface area contributed by atoms with Gasteiger partial charge in [-0.1, -0.05) is 13.8 Å². The molecule has 1 heterocycles. The average Bonchev–Trinajstić information content (AvgIpc) is 2.67. The van der Waals surface area contributed by atoms with Crippen LogP contribution in [0.5, 0.6) is 0 Å². The van der Waals surface area contributed by atoms with Gasteiger partial charge in [0.15, 0.2) is 5.58 Å². The molecule has 2 aromatic rings. The lowest BCUT2D eigenvalue weighted by Crippen LogP contribution is -2.22. The van der Waals surface area contributed by atoms with Crippen molar-refractivity contribution in [3.63, 3.8) is 0 Å². The molecular weight excluding hydrogens is 202 g/mol. The number of nitrogens with two attached hydrogens (primary N) is 1. The van der Waals surface area contributed by atoms with E-state index < -0.39 is 0 Å². The first-order valence-electron chi connectivity index (χ1n) is 5.60. The Balaban J connectivity index is 2.25. The van der Waals surface area contributed by atoms with E-state index in [2.05, 4.69) is 23.7 Å². The summed E-state index contributed by atoms with van der Waals surface area (Å²) in [5, 5.41) is 0. The Labute approximate surface area is 95.1 Å². The second kappa shape index (κ2) is 4.53. The minimum atomic E-state index is 0.718. The molecule has 1 aromatic heterocycles. The van der Waals surface area contributed by atoms with Crippen LogP contribution in [0.15, 0.2) is 22.6 Å². The zero-order valence-electron chi connectivity index (χ0n) is 9.73. The average molecular weight is 219 g/mol. The standard InChI is InChI=1S/C12H17N3O/c1-3-15(4-2)8-12-14-10-7-9(13)5-6-11(10)16-12/h5-7H,3-4,8,13H2,1-2H3. The van der Waals surface area contributed by atoms with Gasteiger partial charge in [-0.3, -0.25) is 4.90 Å². The maximum absolute atomic E-state index is 5.69. The van der Waals surface area contributed by atoms with E-state index in [0.717, 1.165) is 42.3 Å². The molecule has 1 aromatic carbocycles. The predicted octanol–water partition coefficient (Wildman–Crippen LogP) is 2.25. The Bertz CT molecular complexity index is 474. The smallest absolute Gasteiger partial charge is 0.209 e. The van der Waals surface area contributed by atoms with Gasteiger partial charge < -0.3 is 10.2 Å². The largest absolute Gasteiger partial charge is 0.439 e. The van der Waals surface area contributed by atoms with Gasteiger partial charge in [0.1, 0.15) is 5.52 Å². The van der Waals surface area contributed by atoms with Crippen molar-refractivity contribution in [2.75, 3.05) is 18.8 Å². The quantitative estimate of drug-likeness (QED) is 0.801. The molecule has 0 saturated heterocycles. The molecule has 16 heavy (non-hydrogen) atoms. The van der Waals surface area contributed by atoms with Crippen LogP contribution in [-0.4, -0.2) is 23.0 Å². The molecule has 2 N–H and O–H groups in total. The highest BCUT2D eigenvalue weighted by molar-refractivity contribution is 5.76. The molecule has 0 bridgehead atoms. The number of anilines is 1. The van der Waals surface area contributed by atoms with Crippen molar-refractivity contribution in [1.29, 1.82) is 0 Å². The minimum Gasteiger partial charge on any atom is -0.439 e. The van der Waals surface area contributed by atoms with Crippen LogP contribution in [0.1, 0.15) is 19.7 Å². The molecule has 86 valence electrons. The third kappa shape index (κ3) is 2.17. The monoisotopic (exact) mass is 219 g/mol. The number of oxazole rings is 1. The van der Waals surface area contributed by atoms with E-state index in [9.17, 15) is 0 Å². The zero-order valence-corrected chi connectivity index (χ0v) is 9.73. The van der Waals surface area contributed by atoms with E-state index in [1.165, 1.54) is 0 Å². The molecule has 0 saturated carbocycles. The van der Waals surface area contributed by atoms with Gasteiger partial charge in [0.05, 0.1) is 6.54 Å². The van der Waals surface area contributed by atoms with Crippen LogP contribution in [-0.2, 0) is 6.54 Å². The van der Waals surface area contributed by atoms with Crippen molar-refractivity contribution in [1.82, 2.24) is 9.88 Å². The Hall–Kier alpha value is -1.55. The number of rotatable bonds is 4. The fourth-order valence-corrected chi connectivity index (χ4v) is 1.70. The van der Waals surface area contributed by atoms with E-state index in [1.54, 1.807) is 0 Å². The molecule has 0 fully saturated rings. The normalized spacial score (nSPS) is 11.4. The summed E-state index contributed by atoms with van der Waals surface area (Å²) in [4.78, 5) is 6.68. The number of hydrogen-bond acceptors (Lipinski definition) is 4. The molecular formula is C12H17N3O. The maximum Gasteiger partial charge on any atom is 0.209 e. The third-order valence-corrected chi connectivity index (χ3v) is 2.71. The summed E-state index contributed by atoms with van der Waals surface area (Å²) >= 11 is 0. The summed E-state index contributed by atoms with van der Waals surface area (Å²) in [5.41, 5.74) is 8.05. The van der Waals surface area contributed by atoms with Crippen molar-refractivity contribution < 1.29 is 4.42 Å². The second-order valence-corrected chi connectivity index (χ2v) is 3.80. The Morgan fingerprint density at radius 3 is 2.75 bits per heavy atom. The molecule has 0 aliphatic carbocycles. The fourth-order valence-electron chi connectivity index (χ4n) is 1.70. The minimum absolute atomic E-state index is 0.718. The zero-order chi connectivity index (χ0) is 11.5. The summed E-state index contributed by atoms with van der Waals surface area (Å²) in [7, 11) is 0. The number of fused-ring (bicyclic) bond motifs is 1. The van der Waals surface area contributed by atoms with Crippen LogP contribution >= 0.6 is 0 Å². The lowest BCUT2D eigenvalue weighted by Gasteiger charge is -2.14. The van der Waals surface area contributed by atoms with Gasteiger partial charge >= 0.3 is 0 Å². The lowest BCUT2D eigenvalue weighted by molar-refractivity contribution is 0.266. The highest BCUT2D eigenvalue weighted by Crippen LogP contribution is 2.18. The lowest BCUT2D eigenvalue weighted by atomic mass is 10.3. The van der Waals surface area contributed by atoms with Crippen molar-refractivity contribution >= 4 is 16.8 Å². The number of hydrogen-bond donors (Lipinski definition) is 1. The Morgan fingerprint density at radius 1 is 1.31 bits per heavy atom. The highest BCUT2D eigenvalue weighted by atomic mass is 16.3. The van der Waals surface area contributed by atoms with E-state index in [4.69, 9.17) is 10.2 Å². The van der Waals surface area contributed by atoms with Gasteiger partial charge in [-0.2, -0.15) is 0 Å². The molecule has 0 aliphatic rings. The molecule has 0 atom stereocenters. The van der Waals surface area contributed by atoms with Gasteiger partial charge in [-0.25, -0.2) is 4.98 Å². The van der Waals surface area contributed by atoms with Crippen molar-refractivity contribution in [3.8, 4) is 0 Å². The summed E-state index contributed by atoms with van der Waals surface area (Å²) < 4.78 is 5.65. The molecule has 0 radical (unpaired) electrons. The summed E-state index contributed by atoms with van der Waals surface area (Å²) in [6.07, 6.45) is 0. The number of benzene rings is 1. The summed E-state index contributed by atoms with van der Waals surface area (Å²) in [5.74, 6) is 0.754. The van der Waals surface area contributed by atoms with Gasteiger partial charge in [0.2, 0.25) is 5.89 Å². The molecule has 0 amide bonds. The van der Waals surface area contributed by atoms with Crippen LogP contribution in [0.25, 0.3) is 11.1 Å². The van der Waals surface area contributed by atoms with Crippen LogP contribution in [0.3, 0.4) is 0 Å². The van der Waals surface area contributed by atoms with E-state index in [0.29, 0.717) is 0 Å². The summed E-state index contributed by atoms with van der Waals surface area (Å²) in [6.45, 7) is 7.00. The van der Waals surface area contributed by atoms with Crippen molar-refractivity contribution in [2.24, 2.45) is 0 Å². The van der Waals surface area contributed by atoms with Crippen LogP contribution in [0.2, 0.25) is 0 Å². The first kappa shape index (κ1) is 11.0. The molecule has 0 aliphatic heterocycles. The van der Waals surface area contributed by atoms with E-state index >= 15 is 0 Å². The molecule has 4 heteroatoms. The first-order valence-corrected chi connectivity index (χ1v) is 5.60. The van der Waals surface area contributed by atoms with Gasteiger partial charge in [-0.15, -0.1) is 0 Å². The SMILES string of the molecule is CCN(CC)Cc1nc2cc(N)ccc2o1. The number of nitrogens with zero attached hydrogens (tertiary/aromatic N) is 2. The highest BCUT2D eigenvalue weighted by Gasteiger charge is 2.08.